The van der Waals surface area contributed by atoms with Crippen LogP contribution in [0.15, 0.2) is 11.8 Å². The first-order valence-electron chi connectivity index (χ1n) is 8.93. The Morgan fingerprint density at radius 2 is 2.00 bits per heavy atom. The van der Waals surface area contributed by atoms with Crippen LogP contribution in [0, 0.1) is 34.5 Å². The number of aldehydes is 1. The summed E-state index contributed by atoms with van der Waals surface area (Å²) in [6.45, 7) is 5.72. The molecule has 0 aromatic heterocycles. The SMILES string of the molecule is C[C@]12CCC(=O)C=C1NC[C@@H]1[C@H]2CC[C@]2(C)C(C=O)CC[C@@H]12. The first kappa shape index (κ1) is 14.5. The summed E-state index contributed by atoms with van der Waals surface area (Å²) < 4.78 is 0. The minimum atomic E-state index is 0.150. The van der Waals surface area contributed by atoms with E-state index in [1.807, 2.05) is 6.08 Å². The Bertz CT molecular complexity index is 554. The van der Waals surface area contributed by atoms with Crippen molar-refractivity contribution in [2.75, 3.05) is 6.54 Å². The zero-order valence-electron chi connectivity index (χ0n) is 13.7. The zero-order chi connectivity index (χ0) is 15.5. The van der Waals surface area contributed by atoms with Crippen LogP contribution in [0.25, 0.3) is 0 Å². The van der Waals surface area contributed by atoms with Crippen LogP contribution < -0.4 is 5.32 Å². The Morgan fingerprint density at radius 1 is 1.18 bits per heavy atom. The Balaban J connectivity index is 1.68. The Morgan fingerprint density at radius 3 is 2.77 bits per heavy atom. The highest BCUT2D eigenvalue weighted by Crippen LogP contribution is 2.63. The summed E-state index contributed by atoms with van der Waals surface area (Å²) in [4.78, 5) is 23.3. The third-order valence-corrected chi connectivity index (χ3v) is 7.83. The number of nitrogens with one attached hydrogen (secondary N) is 1. The van der Waals surface area contributed by atoms with E-state index in [1.54, 1.807) is 0 Å². The van der Waals surface area contributed by atoms with Crippen LogP contribution in [-0.2, 0) is 9.59 Å². The molecule has 6 atom stereocenters. The van der Waals surface area contributed by atoms with Crippen molar-refractivity contribution in [3.05, 3.63) is 11.8 Å². The average Bonchev–Trinajstić information content (AvgIpc) is 2.84. The summed E-state index contributed by atoms with van der Waals surface area (Å²) in [7, 11) is 0. The second kappa shape index (κ2) is 4.69. The van der Waals surface area contributed by atoms with E-state index in [0.29, 0.717) is 24.2 Å². The van der Waals surface area contributed by atoms with Gasteiger partial charge in [0, 0.05) is 36.1 Å². The second-order valence-electron chi connectivity index (χ2n) is 8.56. The van der Waals surface area contributed by atoms with Crippen molar-refractivity contribution in [1.29, 1.82) is 0 Å². The highest BCUT2D eigenvalue weighted by atomic mass is 16.1. The van der Waals surface area contributed by atoms with E-state index in [4.69, 9.17) is 0 Å². The molecule has 0 aromatic rings. The van der Waals surface area contributed by atoms with Crippen LogP contribution in [0.4, 0.5) is 0 Å². The molecule has 0 radical (unpaired) electrons. The van der Waals surface area contributed by atoms with Crippen LogP contribution in [0.3, 0.4) is 0 Å². The van der Waals surface area contributed by atoms with E-state index in [0.717, 1.165) is 19.4 Å². The Hall–Kier alpha value is -1.12. The number of fused-ring (bicyclic) bond motifs is 5. The molecule has 0 amide bonds. The molecule has 3 aliphatic carbocycles. The van der Waals surface area contributed by atoms with Gasteiger partial charge in [0.2, 0.25) is 0 Å². The lowest BCUT2D eigenvalue weighted by Gasteiger charge is -2.57. The van der Waals surface area contributed by atoms with Gasteiger partial charge in [0.25, 0.3) is 0 Å². The third-order valence-electron chi connectivity index (χ3n) is 7.83. The molecule has 2 saturated carbocycles. The molecule has 0 bridgehead atoms. The number of hydrogen-bond donors (Lipinski definition) is 1. The van der Waals surface area contributed by atoms with Gasteiger partial charge in [-0.2, -0.15) is 0 Å². The fourth-order valence-electron chi connectivity index (χ4n) is 6.41. The largest absolute Gasteiger partial charge is 0.387 e. The molecule has 1 aliphatic heterocycles. The lowest BCUT2D eigenvalue weighted by atomic mass is 9.50. The number of carbonyl (C=O) groups is 2. The molecule has 1 heterocycles. The molecule has 1 N–H and O–H groups in total. The number of rotatable bonds is 1. The second-order valence-corrected chi connectivity index (χ2v) is 8.56. The average molecular weight is 301 g/mol. The van der Waals surface area contributed by atoms with Gasteiger partial charge in [0.1, 0.15) is 6.29 Å². The first-order chi connectivity index (χ1) is 10.5. The monoisotopic (exact) mass is 301 g/mol. The maximum Gasteiger partial charge on any atom is 0.157 e. The number of ketones is 1. The Kier molecular flexibility index (Phi) is 3.08. The lowest BCUT2D eigenvalue weighted by molar-refractivity contribution is -0.120. The molecule has 0 aromatic carbocycles. The van der Waals surface area contributed by atoms with E-state index in [1.165, 1.54) is 31.2 Å². The molecule has 3 heteroatoms. The summed E-state index contributed by atoms with van der Waals surface area (Å²) in [5.41, 5.74) is 1.56. The third kappa shape index (κ3) is 1.74. The summed E-state index contributed by atoms with van der Waals surface area (Å²) in [5.74, 6) is 2.55. The summed E-state index contributed by atoms with van der Waals surface area (Å²) in [6.07, 6.45) is 9.46. The summed E-state index contributed by atoms with van der Waals surface area (Å²) in [5, 5.41) is 3.61. The summed E-state index contributed by atoms with van der Waals surface area (Å²) in [6, 6.07) is 0. The van der Waals surface area contributed by atoms with Gasteiger partial charge < -0.3 is 10.1 Å². The molecular weight excluding hydrogens is 274 g/mol. The van der Waals surface area contributed by atoms with E-state index >= 15 is 0 Å². The smallest absolute Gasteiger partial charge is 0.157 e. The molecule has 22 heavy (non-hydrogen) atoms. The molecule has 4 rings (SSSR count). The molecule has 3 nitrogen and oxygen atoms in total. The minimum Gasteiger partial charge on any atom is -0.387 e. The maximum atomic E-state index is 11.8. The van der Waals surface area contributed by atoms with E-state index < -0.39 is 0 Å². The van der Waals surface area contributed by atoms with Crippen molar-refractivity contribution in [3.63, 3.8) is 0 Å². The number of hydrogen-bond acceptors (Lipinski definition) is 3. The lowest BCUT2D eigenvalue weighted by Crippen LogP contribution is -2.56. The molecule has 1 unspecified atom stereocenters. The quantitative estimate of drug-likeness (QED) is 0.757. The van der Waals surface area contributed by atoms with Gasteiger partial charge in [-0.1, -0.05) is 13.8 Å². The highest BCUT2D eigenvalue weighted by molar-refractivity contribution is 5.91. The van der Waals surface area contributed by atoms with Gasteiger partial charge in [-0.15, -0.1) is 0 Å². The van der Waals surface area contributed by atoms with Crippen LogP contribution in [0.2, 0.25) is 0 Å². The maximum absolute atomic E-state index is 11.8. The molecular formula is C19H27NO2. The topological polar surface area (TPSA) is 46.2 Å². The number of allylic oxidation sites excluding steroid dienone is 2. The fourth-order valence-corrected chi connectivity index (χ4v) is 6.41. The molecule has 4 aliphatic rings. The van der Waals surface area contributed by atoms with Gasteiger partial charge in [0.15, 0.2) is 5.78 Å². The number of carbonyl (C=O) groups excluding carboxylic acids is 2. The van der Waals surface area contributed by atoms with Crippen LogP contribution in [0.1, 0.15) is 52.4 Å². The van der Waals surface area contributed by atoms with Crippen molar-refractivity contribution in [1.82, 2.24) is 5.32 Å². The van der Waals surface area contributed by atoms with Crippen molar-refractivity contribution in [2.24, 2.45) is 34.5 Å². The molecule has 120 valence electrons. The number of piperidine rings is 1. The van der Waals surface area contributed by atoms with Crippen LogP contribution in [0.5, 0.6) is 0 Å². The normalized spacial score (nSPS) is 50.3. The predicted molar refractivity (Wildman–Crippen MR) is 85.0 cm³/mol. The van der Waals surface area contributed by atoms with Crippen molar-refractivity contribution >= 4 is 12.1 Å². The van der Waals surface area contributed by atoms with E-state index in [-0.39, 0.29) is 22.5 Å². The first-order valence-corrected chi connectivity index (χ1v) is 8.93. The standard InChI is InChI=1S/C19H27NO2/c1-18-8-6-16-14(15(18)4-3-12(18)11-21)10-20-17-9-13(22)5-7-19(16,17)2/h9,11-12,14-16,20H,3-8,10H2,1-2H3/t12?,14-,15-,16+,18+,19+/m0/s1. The van der Waals surface area contributed by atoms with Crippen molar-refractivity contribution in [3.8, 4) is 0 Å². The fraction of sp³-hybridized carbons (Fsp3) is 0.789. The summed E-state index contributed by atoms with van der Waals surface area (Å²) >= 11 is 0. The van der Waals surface area contributed by atoms with E-state index in [2.05, 4.69) is 19.2 Å². The van der Waals surface area contributed by atoms with Crippen molar-refractivity contribution in [2.45, 2.75) is 52.4 Å². The van der Waals surface area contributed by atoms with Gasteiger partial charge >= 0.3 is 0 Å². The molecule has 1 saturated heterocycles. The zero-order valence-corrected chi connectivity index (χ0v) is 13.7. The van der Waals surface area contributed by atoms with Crippen LogP contribution >= 0.6 is 0 Å². The Labute approximate surface area is 132 Å². The molecule has 3 fully saturated rings. The van der Waals surface area contributed by atoms with Crippen LogP contribution in [-0.4, -0.2) is 18.6 Å². The van der Waals surface area contributed by atoms with E-state index in [9.17, 15) is 9.59 Å². The molecule has 0 spiro atoms. The van der Waals surface area contributed by atoms with Gasteiger partial charge in [-0.25, -0.2) is 0 Å². The van der Waals surface area contributed by atoms with Gasteiger partial charge in [-0.05, 0) is 55.3 Å². The van der Waals surface area contributed by atoms with Gasteiger partial charge in [-0.3, -0.25) is 4.79 Å². The highest BCUT2D eigenvalue weighted by Gasteiger charge is 2.59. The minimum absolute atomic E-state index is 0.150. The predicted octanol–water partition coefficient (Wildman–Crippen LogP) is 3.10. The van der Waals surface area contributed by atoms with Gasteiger partial charge in [0.05, 0.1) is 0 Å². The van der Waals surface area contributed by atoms with Crippen molar-refractivity contribution < 1.29 is 9.59 Å².